The van der Waals surface area contributed by atoms with Gasteiger partial charge in [0.1, 0.15) is 12.2 Å². The highest BCUT2D eigenvalue weighted by molar-refractivity contribution is 5.80. The monoisotopic (exact) mass is 758 g/mol. The predicted octanol–water partition coefficient (Wildman–Crippen LogP) is 12.1. The van der Waals surface area contributed by atoms with Gasteiger partial charge in [-0.2, -0.15) is 0 Å². The maximum atomic E-state index is 12.5. The van der Waals surface area contributed by atoms with Crippen molar-refractivity contribution in [1.29, 1.82) is 0 Å². The van der Waals surface area contributed by atoms with Crippen LogP contribution in [-0.4, -0.2) is 57.3 Å². The lowest BCUT2D eigenvalue weighted by molar-refractivity contribution is -0.132. The highest BCUT2D eigenvalue weighted by Crippen LogP contribution is 2.14. The average molecular weight is 758 g/mol. The molecule has 4 atom stereocenters. The van der Waals surface area contributed by atoms with Crippen molar-refractivity contribution in [2.75, 3.05) is 6.61 Å². The lowest BCUT2D eigenvalue weighted by Crippen LogP contribution is -2.53. The summed E-state index contributed by atoms with van der Waals surface area (Å²) >= 11 is 0. The Morgan fingerprint density at radius 2 is 0.833 bits per heavy atom. The van der Waals surface area contributed by atoms with Crippen molar-refractivity contribution >= 4 is 5.91 Å². The summed E-state index contributed by atoms with van der Waals surface area (Å²) in [7, 11) is 0. The third kappa shape index (κ3) is 35.7. The molecule has 0 rings (SSSR count). The van der Waals surface area contributed by atoms with E-state index in [1.54, 1.807) is 0 Å². The Balaban J connectivity index is 3.83. The lowest BCUT2D eigenvalue weighted by Gasteiger charge is -2.27. The third-order valence-corrected chi connectivity index (χ3v) is 10.2. The van der Waals surface area contributed by atoms with E-state index in [9.17, 15) is 25.2 Å². The molecule has 0 aromatic heterocycles. The molecule has 1 amide bonds. The van der Waals surface area contributed by atoms with Crippen LogP contribution in [0.2, 0.25) is 0 Å². The minimum absolute atomic E-state index is 0.344. The van der Waals surface area contributed by atoms with E-state index in [2.05, 4.69) is 79.9 Å². The van der Waals surface area contributed by atoms with Gasteiger partial charge in [-0.25, -0.2) is 0 Å². The first-order valence-electron chi connectivity index (χ1n) is 22.7. The Labute approximate surface area is 333 Å². The number of hydrogen-bond donors (Lipinski definition) is 5. The van der Waals surface area contributed by atoms with Gasteiger partial charge in [0.05, 0.1) is 18.8 Å². The Morgan fingerprint density at radius 3 is 1.31 bits per heavy atom. The Bertz CT molecular complexity index is 941. The van der Waals surface area contributed by atoms with E-state index in [1.165, 1.54) is 103 Å². The molecule has 6 heteroatoms. The molecule has 0 aliphatic carbocycles. The van der Waals surface area contributed by atoms with Crippen LogP contribution in [0.1, 0.15) is 206 Å². The maximum absolute atomic E-state index is 12.5. The van der Waals surface area contributed by atoms with Gasteiger partial charge in [0.25, 0.3) is 0 Å². The summed E-state index contributed by atoms with van der Waals surface area (Å²) in [6, 6.07) is -1.02. The van der Waals surface area contributed by atoms with Crippen LogP contribution in [0, 0.1) is 0 Å². The zero-order chi connectivity index (χ0) is 39.6. The fourth-order valence-corrected chi connectivity index (χ4v) is 6.52. The highest BCUT2D eigenvalue weighted by Gasteiger charge is 2.28. The Morgan fingerprint density at radius 1 is 0.463 bits per heavy atom. The quantitative estimate of drug-likeness (QED) is 0.0316. The molecule has 0 fully saturated rings. The highest BCUT2D eigenvalue weighted by atomic mass is 16.3. The van der Waals surface area contributed by atoms with Crippen molar-refractivity contribution in [3.05, 3.63) is 60.8 Å². The van der Waals surface area contributed by atoms with Crippen molar-refractivity contribution in [3.8, 4) is 0 Å². The number of aliphatic hydroxyl groups excluding tert-OH is 4. The molecule has 0 aromatic rings. The number of rotatable bonds is 40. The second kappa shape index (κ2) is 42.2. The predicted molar refractivity (Wildman–Crippen MR) is 233 cm³/mol. The molecular weight excluding hydrogens is 671 g/mol. The van der Waals surface area contributed by atoms with E-state index in [4.69, 9.17) is 0 Å². The number of carbonyl (C=O) groups is 1. The van der Waals surface area contributed by atoms with E-state index in [-0.39, 0.29) is 0 Å². The molecule has 0 saturated heterocycles. The van der Waals surface area contributed by atoms with Crippen LogP contribution in [-0.2, 0) is 4.79 Å². The molecule has 0 bridgehead atoms. The summed E-state index contributed by atoms with van der Waals surface area (Å²) < 4.78 is 0. The lowest BCUT2D eigenvalue weighted by atomic mass is 10.00. The van der Waals surface area contributed by atoms with Crippen LogP contribution >= 0.6 is 0 Å². The van der Waals surface area contributed by atoms with Crippen LogP contribution in [0.4, 0.5) is 0 Å². The van der Waals surface area contributed by atoms with Crippen LogP contribution in [0.5, 0.6) is 0 Å². The van der Waals surface area contributed by atoms with Crippen LogP contribution in [0.25, 0.3) is 0 Å². The second-order valence-electron chi connectivity index (χ2n) is 15.4. The number of amides is 1. The van der Waals surface area contributed by atoms with Gasteiger partial charge in [-0.05, 0) is 96.3 Å². The molecule has 4 unspecified atom stereocenters. The number of unbranched alkanes of at least 4 members (excludes halogenated alkanes) is 21. The largest absolute Gasteiger partial charge is 0.394 e. The van der Waals surface area contributed by atoms with E-state index in [0.29, 0.717) is 19.3 Å². The summed E-state index contributed by atoms with van der Waals surface area (Å²) in [5, 5.41) is 43.6. The summed E-state index contributed by atoms with van der Waals surface area (Å²) in [6.07, 6.45) is 52.5. The standard InChI is InChI=1S/C48H87NO5/c1-3-5-7-9-11-13-15-17-19-21-22-23-24-25-26-28-30-32-34-36-38-40-42-46(52)48(54)49-44(43-50)47(53)45(51)41-39-37-35-33-31-29-27-20-18-16-14-12-10-8-6-4-2/h12,14,20,22-23,25-27,33,35,44-47,50-53H,3-11,13,15-19,21,24,28-32,34,36-43H2,1-2H3,(H,49,54)/b14-12+,23-22-,26-25-,27-20+,35-33+. The van der Waals surface area contributed by atoms with E-state index in [1.807, 2.05) is 0 Å². The van der Waals surface area contributed by atoms with Crippen LogP contribution in [0.3, 0.4) is 0 Å². The molecule has 0 saturated carbocycles. The first kappa shape index (κ1) is 52.0. The summed E-state index contributed by atoms with van der Waals surface area (Å²) in [6.45, 7) is 3.99. The maximum Gasteiger partial charge on any atom is 0.249 e. The number of carbonyl (C=O) groups excluding carboxylic acids is 1. The molecule has 5 N–H and O–H groups in total. The molecule has 0 heterocycles. The minimum Gasteiger partial charge on any atom is -0.394 e. The van der Waals surface area contributed by atoms with Gasteiger partial charge in [0.2, 0.25) is 5.91 Å². The summed E-state index contributed by atoms with van der Waals surface area (Å²) in [5.74, 6) is -0.610. The van der Waals surface area contributed by atoms with E-state index >= 15 is 0 Å². The number of allylic oxidation sites excluding steroid dienone is 10. The number of nitrogens with one attached hydrogen (secondary N) is 1. The number of aliphatic hydroxyl groups is 4. The molecule has 0 spiro atoms. The van der Waals surface area contributed by atoms with Crippen molar-refractivity contribution in [2.45, 2.75) is 231 Å². The minimum atomic E-state index is -1.30. The zero-order valence-electron chi connectivity index (χ0n) is 35.2. The van der Waals surface area contributed by atoms with E-state index in [0.717, 1.165) is 70.6 Å². The van der Waals surface area contributed by atoms with Crippen LogP contribution in [0.15, 0.2) is 60.8 Å². The SMILES string of the molecule is CCCCC/C=C/CC/C=C/CC/C=C/CCCC(O)C(O)C(CO)NC(=O)C(O)CCCCCCCC/C=C\C/C=C\CCCCCCCCCCC. The van der Waals surface area contributed by atoms with Gasteiger partial charge in [-0.1, -0.05) is 171 Å². The first-order chi connectivity index (χ1) is 26.5. The van der Waals surface area contributed by atoms with Crippen molar-refractivity contribution < 1.29 is 25.2 Å². The molecule has 54 heavy (non-hydrogen) atoms. The summed E-state index contributed by atoms with van der Waals surface area (Å²) in [4.78, 5) is 12.5. The normalized spacial score (nSPS) is 14.7. The molecule has 314 valence electrons. The third-order valence-electron chi connectivity index (χ3n) is 10.2. The summed E-state index contributed by atoms with van der Waals surface area (Å²) in [5.41, 5.74) is 0. The fraction of sp³-hybridized carbons (Fsp3) is 0.771. The Hall–Kier alpha value is -1.99. The van der Waals surface area contributed by atoms with Gasteiger partial charge in [0, 0.05) is 0 Å². The van der Waals surface area contributed by atoms with Crippen LogP contribution < -0.4 is 5.32 Å². The van der Waals surface area contributed by atoms with E-state index < -0.39 is 36.9 Å². The molecule has 0 radical (unpaired) electrons. The molecular formula is C48H87NO5. The van der Waals surface area contributed by atoms with Crippen molar-refractivity contribution in [3.63, 3.8) is 0 Å². The number of hydrogen-bond acceptors (Lipinski definition) is 5. The van der Waals surface area contributed by atoms with Gasteiger partial charge < -0.3 is 25.7 Å². The van der Waals surface area contributed by atoms with Gasteiger partial charge in [0.15, 0.2) is 0 Å². The van der Waals surface area contributed by atoms with Gasteiger partial charge in [-0.15, -0.1) is 0 Å². The smallest absolute Gasteiger partial charge is 0.249 e. The zero-order valence-corrected chi connectivity index (χ0v) is 35.2. The Kier molecular flexibility index (Phi) is 40.6. The molecule has 0 aliphatic heterocycles. The molecule has 0 aliphatic rings. The van der Waals surface area contributed by atoms with Crippen molar-refractivity contribution in [2.24, 2.45) is 0 Å². The first-order valence-corrected chi connectivity index (χ1v) is 22.7. The molecule has 6 nitrogen and oxygen atoms in total. The van der Waals surface area contributed by atoms with Crippen molar-refractivity contribution in [1.82, 2.24) is 5.32 Å². The van der Waals surface area contributed by atoms with Gasteiger partial charge in [-0.3, -0.25) is 4.79 Å². The average Bonchev–Trinajstić information content (AvgIpc) is 3.18. The van der Waals surface area contributed by atoms with Gasteiger partial charge >= 0.3 is 0 Å². The topological polar surface area (TPSA) is 110 Å². The second-order valence-corrected chi connectivity index (χ2v) is 15.4. The molecule has 0 aromatic carbocycles. The fourth-order valence-electron chi connectivity index (χ4n) is 6.52.